The Bertz CT molecular complexity index is 807. The Morgan fingerprint density at radius 3 is 2.74 bits per heavy atom. The van der Waals surface area contributed by atoms with Crippen molar-refractivity contribution in [1.82, 2.24) is 0 Å². The second-order valence-corrected chi connectivity index (χ2v) is 6.71. The van der Waals surface area contributed by atoms with Crippen molar-refractivity contribution in [3.05, 3.63) is 57.0 Å². The van der Waals surface area contributed by atoms with E-state index < -0.39 is 0 Å². The van der Waals surface area contributed by atoms with Gasteiger partial charge in [0.25, 0.3) is 5.91 Å². The monoisotopic (exact) mass is 392 g/mol. The van der Waals surface area contributed by atoms with Crippen molar-refractivity contribution in [1.29, 1.82) is 0 Å². The summed E-state index contributed by atoms with van der Waals surface area (Å²) in [7, 11) is 0. The molecule has 2 aromatic carbocycles. The number of nitrogens with one attached hydrogen (secondary N) is 1. The number of benzene rings is 2. The van der Waals surface area contributed by atoms with E-state index in [1.165, 1.54) is 6.92 Å². The molecule has 0 bridgehead atoms. The van der Waals surface area contributed by atoms with Gasteiger partial charge in [0.05, 0.1) is 11.4 Å². The normalized spacial score (nSPS) is 12.9. The summed E-state index contributed by atoms with van der Waals surface area (Å²) >= 11 is 9.43. The Morgan fingerprint density at radius 2 is 2.04 bits per heavy atom. The standard InChI is InChI=1S/C17H14BrClN2O2/c1-10(22)20-15-9-13(18)7-11-5-6-21(16(11)15)17(23)12-3-2-4-14(19)8-12/h2-4,7-9H,5-6H2,1H3,(H,20,22). The highest BCUT2D eigenvalue weighted by atomic mass is 79.9. The second-order valence-electron chi connectivity index (χ2n) is 5.36. The molecule has 1 aliphatic rings. The predicted octanol–water partition coefficient (Wildman–Crippen LogP) is 4.26. The third-order valence-corrected chi connectivity index (χ3v) is 4.35. The van der Waals surface area contributed by atoms with Gasteiger partial charge in [-0.25, -0.2) is 0 Å². The van der Waals surface area contributed by atoms with Crippen molar-refractivity contribution in [3.63, 3.8) is 0 Å². The lowest BCUT2D eigenvalue weighted by molar-refractivity contribution is -0.114. The van der Waals surface area contributed by atoms with Gasteiger partial charge in [0.2, 0.25) is 5.91 Å². The van der Waals surface area contributed by atoms with Gasteiger partial charge in [-0.3, -0.25) is 9.59 Å². The second kappa shape index (κ2) is 6.34. The third kappa shape index (κ3) is 3.26. The topological polar surface area (TPSA) is 49.4 Å². The molecule has 0 atom stereocenters. The molecule has 4 nitrogen and oxygen atoms in total. The van der Waals surface area contributed by atoms with Gasteiger partial charge in [0.1, 0.15) is 0 Å². The molecule has 0 aromatic heterocycles. The minimum Gasteiger partial charge on any atom is -0.324 e. The zero-order valence-corrected chi connectivity index (χ0v) is 14.7. The predicted molar refractivity (Wildman–Crippen MR) is 95.3 cm³/mol. The summed E-state index contributed by atoms with van der Waals surface area (Å²) in [5, 5.41) is 3.33. The molecule has 3 rings (SSSR count). The van der Waals surface area contributed by atoms with Crippen LogP contribution in [0.1, 0.15) is 22.8 Å². The highest BCUT2D eigenvalue weighted by Gasteiger charge is 2.29. The number of halogens is 2. The number of anilines is 2. The minimum absolute atomic E-state index is 0.125. The Morgan fingerprint density at radius 1 is 1.26 bits per heavy atom. The lowest BCUT2D eigenvalue weighted by atomic mass is 10.1. The molecular weight excluding hydrogens is 380 g/mol. The van der Waals surface area contributed by atoms with Crippen LogP contribution in [0.2, 0.25) is 5.02 Å². The molecule has 2 aromatic rings. The molecule has 0 saturated carbocycles. The Balaban J connectivity index is 2.03. The maximum Gasteiger partial charge on any atom is 0.258 e. The number of amides is 2. The Hall–Kier alpha value is -1.85. The number of hydrogen-bond acceptors (Lipinski definition) is 2. The molecule has 0 aliphatic carbocycles. The summed E-state index contributed by atoms with van der Waals surface area (Å²) in [5.41, 5.74) is 2.95. The van der Waals surface area contributed by atoms with Gasteiger partial charge in [0, 0.05) is 28.5 Å². The fourth-order valence-electron chi connectivity index (χ4n) is 2.77. The minimum atomic E-state index is -0.174. The highest BCUT2D eigenvalue weighted by molar-refractivity contribution is 9.10. The third-order valence-electron chi connectivity index (χ3n) is 3.66. The van der Waals surface area contributed by atoms with Crippen LogP contribution in [0, 0.1) is 0 Å². The summed E-state index contributed by atoms with van der Waals surface area (Å²) in [6, 6.07) is 10.7. The number of rotatable bonds is 2. The van der Waals surface area contributed by atoms with E-state index in [9.17, 15) is 9.59 Å². The summed E-state index contributed by atoms with van der Waals surface area (Å²) in [6.07, 6.45) is 0.744. The molecule has 0 fully saturated rings. The van der Waals surface area contributed by atoms with Gasteiger partial charge < -0.3 is 10.2 Å². The molecule has 0 saturated heterocycles. The average Bonchev–Trinajstić information content (AvgIpc) is 2.89. The van der Waals surface area contributed by atoms with Gasteiger partial charge in [-0.15, -0.1) is 0 Å². The van der Waals surface area contributed by atoms with Crippen molar-refractivity contribution < 1.29 is 9.59 Å². The van der Waals surface area contributed by atoms with Crippen LogP contribution in [0.15, 0.2) is 40.9 Å². The van der Waals surface area contributed by atoms with E-state index in [-0.39, 0.29) is 11.8 Å². The lowest BCUT2D eigenvalue weighted by Crippen LogP contribution is -2.29. The van der Waals surface area contributed by atoms with Crippen LogP contribution < -0.4 is 10.2 Å². The van der Waals surface area contributed by atoms with Gasteiger partial charge >= 0.3 is 0 Å². The highest BCUT2D eigenvalue weighted by Crippen LogP contribution is 2.39. The van der Waals surface area contributed by atoms with E-state index in [4.69, 9.17) is 11.6 Å². The lowest BCUT2D eigenvalue weighted by Gasteiger charge is -2.21. The van der Waals surface area contributed by atoms with Crippen molar-refractivity contribution in [2.75, 3.05) is 16.8 Å². The number of nitrogens with zero attached hydrogens (tertiary/aromatic N) is 1. The zero-order chi connectivity index (χ0) is 16.6. The van der Waals surface area contributed by atoms with Crippen LogP contribution in [-0.4, -0.2) is 18.4 Å². The molecule has 1 aliphatic heterocycles. The quantitative estimate of drug-likeness (QED) is 0.828. The van der Waals surface area contributed by atoms with E-state index in [2.05, 4.69) is 21.2 Å². The maximum atomic E-state index is 12.8. The number of carbonyl (C=O) groups excluding carboxylic acids is 2. The number of carbonyl (C=O) groups is 2. The molecule has 1 N–H and O–H groups in total. The molecule has 0 unspecified atom stereocenters. The maximum absolute atomic E-state index is 12.8. The summed E-state index contributed by atoms with van der Waals surface area (Å²) in [4.78, 5) is 26.0. The summed E-state index contributed by atoms with van der Waals surface area (Å²) < 4.78 is 0.872. The molecule has 0 spiro atoms. The van der Waals surface area contributed by atoms with Crippen molar-refractivity contribution in [3.8, 4) is 0 Å². The molecule has 6 heteroatoms. The molecular formula is C17H14BrClN2O2. The summed E-state index contributed by atoms with van der Waals surface area (Å²) in [6.45, 7) is 2.02. The molecule has 118 valence electrons. The molecule has 1 heterocycles. The van der Waals surface area contributed by atoms with Crippen LogP contribution in [0.5, 0.6) is 0 Å². The van der Waals surface area contributed by atoms with Crippen molar-refractivity contribution >= 4 is 50.7 Å². The van der Waals surface area contributed by atoms with Crippen molar-refractivity contribution in [2.45, 2.75) is 13.3 Å². The van der Waals surface area contributed by atoms with Gasteiger partial charge in [-0.2, -0.15) is 0 Å². The SMILES string of the molecule is CC(=O)Nc1cc(Br)cc2c1N(C(=O)c1cccc(Cl)c1)CC2. The molecule has 0 radical (unpaired) electrons. The fourth-order valence-corrected chi connectivity index (χ4v) is 3.47. The molecule has 2 amide bonds. The van der Waals surface area contributed by atoms with E-state index in [0.29, 0.717) is 22.8 Å². The van der Waals surface area contributed by atoms with Gasteiger partial charge in [-0.1, -0.05) is 33.6 Å². The first-order chi connectivity index (χ1) is 11.0. The van der Waals surface area contributed by atoms with E-state index in [1.807, 2.05) is 12.1 Å². The first kappa shape index (κ1) is 16.0. The van der Waals surface area contributed by atoms with Crippen LogP contribution in [0.3, 0.4) is 0 Å². The largest absolute Gasteiger partial charge is 0.324 e. The first-order valence-corrected chi connectivity index (χ1v) is 8.30. The van der Waals surface area contributed by atoms with Crippen LogP contribution >= 0.6 is 27.5 Å². The smallest absolute Gasteiger partial charge is 0.258 e. The van der Waals surface area contributed by atoms with E-state index >= 15 is 0 Å². The van der Waals surface area contributed by atoms with Crippen LogP contribution in [0.25, 0.3) is 0 Å². The first-order valence-electron chi connectivity index (χ1n) is 7.13. The number of hydrogen-bond donors (Lipinski definition) is 1. The zero-order valence-electron chi connectivity index (χ0n) is 12.4. The van der Waals surface area contributed by atoms with Crippen molar-refractivity contribution in [2.24, 2.45) is 0 Å². The van der Waals surface area contributed by atoms with Gasteiger partial charge in [-0.05, 0) is 42.3 Å². The average molecular weight is 394 g/mol. The Labute approximate surface area is 147 Å². The summed E-state index contributed by atoms with van der Waals surface area (Å²) in [5.74, 6) is -0.299. The number of fused-ring (bicyclic) bond motifs is 1. The fraction of sp³-hybridized carbons (Fsp3) is 0.176. The van der Waals surface area contributed by atoms with Crippen LogP contribution in [0.4, 0.5) is 11.4 Å². The van der Waals surface area contributed by atoms with Gasteiger partial charge in [0.15, 0.2) is 0 Å². The molecule has 23 heavy (non-hydrogen) atoms. The van der Waals surface area contributed by atoms with E-state index in [1.54, 1.807) is 29.2 Å². The van der Waals surface area contributed by atoms with E-state index in [0.717, 1.165) is 22.1 Å². The van der Waals surface area contributed by atoms with Crippen LogP contribution in [-0.2, 0) is 11.2 Å². The Kier molecular flexibility index (Phi) is 4.41.